The van der Waals surface area contributed by atoms with Crippen LogP contribution in [0.25, 0.3) is 5.65 Å². The number of benzene rings is 1. The van der Waals surface area contributed by atoms with E-state index in [1.807, 2.05) is 25.1 Å². The van der Waals surface area contributed by atoms with Gasteiger partial charge in [-0.1, -0.05) is 34.6 Å². The van der Waals surface area contributed by atoms with Gasteiger partial charge in [0, 0.05) is 18.2 Å². The van der Waals surface area contributed by atoms with Crippen LogP contribution in [0, 0.1) is 12.3 Å². The lowest BCUT2D eigenvalue weighted by molar-refractivity contribution is 0.0964. The zero-order chi connectivity index (χ0) is 25.8. The maximum Gasteiger partial charge on any atom is 0.242 e. The number of nitrogens with zero attached hydrogens (tertiary/aromatic N) is 4. The number of hydrogen-bond donors (Lipinski definition) is 1. The van der Waals surface area contributed by atoms with Crippen molar-refractivity contribution in [1.82, 2.24) is 19.4 Å². The smallest absolute Gasteiger partial charge is 0.242 e. The minimum Gasteiger partial charge on any atom is -0.491 e. The molecule has 2 heterocycles. The fourth-order valence-electron chi connectivity index (χ4n) is 3.63. The van der Waals surface area contributed by atoms with Crippen molar-refractivity contribution in [3.63, 3.8) is 0 Å². The van der Waals surface area contributed by atoms with E-state index in [2.05, 4.69) is 44.8 Å². The Hall–Kier alpha value is -3.20. The summed E-state index contributed by atoms with van der Waals surface area (Å²) in [6, 6.07) is 7.40. The molecule has 0 spiro atoms. The van der Waals surface area contributed by atoms with Crippen LogP contribution in [-0.2, 0) is 16.7 Å². The monoisotopic (exact) mass is 483 g/mol. The van der Waals surface area contributed by atoms with E-state index in [1.165, 1.54) is 9.20 Å². The molecule has 2 aromatic heterocycles. The van der Waals surface area contributed by atoms with Gasteiger partial charge in [-0.3, -0.25) is 10.2 Å². The lowest BCUT2D eigenvalue weighted by Gasteiger charge is -2.21. The summed E-state index contributed by atoms with van der Waals surface area (Å²) in [5.41, 5.74) is 2.66. The van der Waals surface area contributed by atoms with Crippen LogP contribution in [-0.4, -0.2) is 51.6 Å². The van der Waals surface area contributed by atoms with Crippen molar-refractivity contribution in [3.05, 3.63) is 46.6 Å². The van der Waals surface area contributed by atoms with E-state index in [4.69, 9.17) is 19.6 Å². The number of ketones is 1. The second-order valence-electron chi connectivity index (χ2n) is 9.70. The molecule has 0 aliphatic heterocycles. The molecule has 0 saturated heterocycles. The summed E-state index contributed by atoms with van der Waals surface area (Å²) in [7, 11) is 1.62. The van der Waals surface area contributed by atoms with Gasteiger partial charge in [-0.15, -0.1) is 10.2 Å². The Morgan fingerprint density at radius 3 is 2.43 bits per heavy atom. The standard InChI is InChI=1S/C26H37N5O4/c1-8-20(9-2)35-24-17(3)12-23-28-30(25(27)31(23)29-24)16-22(32)18-13-19(26(4,5)6)15-21(14-18)34-11-10-33-7/h12-15,20,27H,8-11,16H2,1-7H3. The molecule has 0 atom stereocenters. The molecular formula is C26H37N5O4. The van der Waals surface area contributed by atoms with Gasteiger partial charge >= 0.3 is 0 Å². The fraction of sp³-hybridized carbons (Fsp3) is 0.538. The minimum absolute atomic E-state index is 0.00582. The number of carbonyl (C=O) groups excluding carboxylic acids is 1. The van der Waals surface area contributed by atoms with Crippen molar-refractivity contribution in [3.8, 4) is 11.6 Å². The number of rotatable bonds is 11. The molecule has 0 amide bonds. The topological polar surface area (TPSA) is 104 Å². The number of ether oxygens (including phenoxy) is 3. The van der Waals surface area contributed by atoms with Crippen LogP contribution >= 0.6 is 0 Å². The quantitative estimate of drug-likeness (QED) is 0.325. The highest BCUT2D eigenvalue weighted by molar-refractivity contribution is 5.96. The second-order valence-corrected chi connectivity index (χ2v) is 9.70. The summed E-state index contributed by atoms with van der Waals surface area (Å²) in [6.45, 7) is 13.1. The van der Waals surface area contributed by atoms with Gasteiger partial charge in [0.15, 0.2) is 11.4 Å². The largest absolute Gasteiger partial charge is 0.491 e. The average molecular weight is 484 g/mol. The van der Waals surface area contributed by atoms with Crippen molar-refractivity contribution in [2.75, 3.05) is 20.3 Å². The van der Waals surface area contributed by atoms with Gasteiger partial charge in [0.1, 0.15) is 18.9 Å². The summed E-state index contributed by atoms with van der Waals surface area (Å²) in [5.74, 6) is 0.926. The first-order valence-electron chi connectivity index (χ1n) is 12.1. The number of fused-ring (bicyclic) bond motifs is 1. The molecule has 1 aromatic carbocycles. The summed E-state index contributed by atoms with van der Waals surface area (Å²) >= 11 is 0. The van der Waals surface area contributed by atoms with Crippen LogP contribution in [0.2, 0.25) is 0 Å². The van der Waals surface area contributed by atoms with Gasteiger partial charge in [0.25, 0.3) is 0 Å². The van der Waals surface area contributed by atoms with E-state index in [1.54, 1.807) is 13.2 Å². The normalized spacial score (nSPS) is 11.9. The number of nitrogens with one attached hydrogen (secondary N) is 1. The Morgan fingerprint density at radius 1 is 1.09 bits per heavy atom. The van der Waals surface area contributed by atoms with Gasteiger partial charge in [-0.05, 0) is 55.0 Å². The molecule has 0 fully saturated rings. The van der Waals surface area contributed by atoms with Crippen LogP contribution in [0.3, 0.4) is 0 Å². The molecule has 0 aliphatic carbocycles. The third kappa shape index (κ3) is 6.28. The number of methoxy groups -OCH3 is 1. The zero-order valence-electron chi connectivity index (χ0n) is 21.8. The highest BCUT2D eigenvalue weighted by Crippen LogP contribution is 2.28. The second kappa shape index (κ2) is 11.0. The van der Waals surface area contributed by atoms with Crippen molar-refractivity contribution >= 4 is 11.4 Å². The first-order valence-corrected chi connectivity index (χ1v) is 12.1. The molecule has 0 bridgehead atoms. The Labute approximate surface area is 206 Å². The molecule has 0 saturated carbocycles. The van der Waals surface area contributed by atoms with Crippen molar-refractivity contribution in [2.45, 2.75) is 72.4 Å². The first-order chi connectivity index (χ1) is 16.6. The van der Waals surface area contributed by atoms with E-state index in [9.17, 15) is 4.79 Å². The summed E-state index contributed by atoms with van der Waals surface area (Å²) in [4.78, 5) is 13.3. The third-order valence-corrected chi connectivity index (χ3v) is 5.89. The van der Waals surface area contributed by atoms with Gasteiger partial charge in [-0.2, -0.15) is 4.52 Å². The molecular weight excluding hydrogens is 446 g/mol. The lowest BCUT2D eigenvalue weighted by atomic mass is 9.85. The molecule has 0 unspecified atom stereocenters. The Kier molecular flexibility index (Phi) is 8.32. The van der Waals surface area contributed by atoms with Gasteiger partial charge < -0.3 is 14.2 Å². The lowest BCUT2D eigenvalue weighted by Crippen LogP contribution is -2.27. The highest BCUT2D eigenvalue weighted by Gasteiger charge is 2.20. The van der Waals surface area contributed by atoms with Crippen LogP contribution in [0.15, 0.2) is 24.3 Å². The molecule has 1 N–H and O–H groups in total. The van der Waals surface area contributed by atoms with Crippen molar-refractivity contribution < 1.29 is 19.0 Å². The maximum atomic E-state index is 13.3. The van der Waals surface area contributed by atoms with Crippen LogP contribution in [0.4, 0.5) is 0 Å². The van der Waals surface area contributed by atoms with E-state index < -0.39 is 0 Å². The Morgan fingerprint density at radius 2 is 1.80 bits per heavy atom. The number of Topliss-reactive ketones (excluding diaryl/α,β-unsaturated/α-hetero) is 1. The summed E-state index contributed by atoms with van der Waals surface area (Å²) in [5, 5.41) is 17.5. The number of carbonyl (C=O) groups is 1. The van der Waals surface area contributed by atoms with Crippen LogP contribution < -0.4 is 15.1 Å². The van der Waals surface area contributed by atoms with Crippen LogP contribution in [0.1, 0.15) is 68.9 Å². The van der Waals surface area contributed by atoms with E-state index in [0.717, 1.165) is 24.0 Å². The molecule has 35 heavy (non-hydrogen) atoms. The summed E-state index contributed by atoms with van der Waals surface area (Å²) < 4.78 is 19.7. The molecule has 0 aliphatic rings. The number of aromatic nitrogens is 4. The zero-order valence-corrected chi connectivity index (χ0v) is 21.8. The third-order valence-electron chi connectivity index (χ3n) is 5.89. The minimum atomic E-state index is -0.168. The predicted octanol–water partition coefficient (Wildman–Crippen LogP) is 4.09. The van der Waals surface area contributed by atoms with Crippen LogP contribution in [0.5, 0.6) is 11.6 Å². The number of aryl methyl sites for hydroxylation is 1. The maximum absolute atomic E-state index is 13.3. The highest BCUT2D eigenvalue weighted by atomic mass is 16.5. The fourth-order valence-corrected chi connectivity index (χ4v) is 3.63. The van der Waals surface area contributed by atoms with Crippen molar-refractivity contribution in [2.24, 2.45) is 0 Å². The average Bonchev–Trinajstić information content (AvgIpc) is 3.10. The van der Waals surface area contributed by atoms with Gasteiger partial charge in [0.2, 0.25) is 11.5 Å². The first kappa shape index (κ1) is 26.4. The molecule has 9 nitrogen and oxygen atoms in total. The summed E-state index contributed by atoms with van der Waals surface area (Å²) in [6.07, 6.45) is 1.79. The molecule has 9 heteroatoms. The molecule has 3 aromatic rings. The predicted molar refractivity (Wildman–Crippen MR) is 133 cm³/mol. The Bertz CT molecular complexity index is 1230. The molecule has 190 valence electrons. The van der Waals surface area contributed by atoms with Gasteiger partial charge in [0.05, 0.1) is 12.7 Å². The van der Waals surface area contributed by atoms with Gasteiger partial charge in [-0.25, -0.2) is 4.68 Å². The van der Waals surface area contributed by atoms with E-state index >= 15 is 0 Å². The SMILES string of the molecule is CCC(CC)Oc1nn2c(=N)n(CC(=O)c3cc(OCCOC)cc(C(C)(C)C)c3)nc2cc1C. The van der Waals surface area contributed by atoms with E-state index in [-0.39, 0.29) is 29.5 Å². The molecule has 3 rings (SSSR count). The number of hydrogen-bond acceptors (Lipinski definition) is 7. The Balaban J connectivity index is 1.92. The van der Waals surface area contributed by atoms with Crippen molar-refractivity contribution in [1.29, 1.82) is 5.41 Å². The van der Waals surface area contributed by atoms with E-state index in [0.29, 0.717) is 36.1 Å². The molecule has 0 radical (unpaired) electrons.